The Kier molecular flexibility index (Phi) is 9.92. The van der Waals surface area contributed by atoms with E-state index in [1.165, 1.54) is 0 Å². The van der Waals surface area contributed by atoms with Crippen LogP contribution in [0.25, 0.3) is 0 Å². The van der Waals surface area contributed by atoms with E-state index in [0.717, 1.165) is 44.8 Å². The molecule has 0 aromatic heterocycles. The van der Waals surface area contributed by atoms with E-state index in [-0.39, 0.29) is 0 Å². The summed E-state index contributed by atoms with van der Waals surface area (Å²) in [5.74, 6) is 1.83. The average Bonchev–Trinajstić information content (AvgIpc) is 2.57. The molecule has 130 valence electrons. The number of hydrogen-bond donors (Lipinski definition) is 0. The lowest BCUT2D eigenvalue weighted by Gasteiger charge is -2.17. The number of hydrogen-bond acceptors (Lipinski definition) is 4. The lowest BCUT2D eigenvalue weighted by molar-refractivity contribution is 0.112. The molecule has 4 nitrogen and oxygen atoms in total. The van der Waals surface area contributed by atoms with E-state index < -0.39 is 0 Å². The lowest BCUT2D eigenvalue weighted by atomic mass is 10.2. The van der Waals surface area contributed by atoms with E-state index >= 15 is 0 Å². The highest BCUT2D eigenvalue weighted by atomic mass is 16.5. The van der Waals surface area contributed by atoms with Crippen LogP contribution in [-0.2, 0) is 0 Å². The van der Waals surface area contributed by atoms with Gasteiger partial charge in [-0.15, -0.1) is 0 Å². The van der Waals surface area contributed by atoms with Crippen LogP contribution >= 0.6 is 0 Å². The molecule has 1 aromatic carbocycles. The molecule has 0 bridgehead atoms. The monoisotopic (exact) mass is 322 g/mol. The minimum Gasteiger partial charge on any atom is -0.490 e. The van der Waals surface area contributed by atoms with Crippen molar-refractivity contribution >= 4 is 6.29 Å². The van der Waals surface area contributed by atoms with E-state index in [9.17, 15) is 4.79 Å². The number of rotatable bonds is 13. The smallest absolute Gasteiger partial charge is 0.203 e. The van der Waals surface area contributed by atoms with Gasteiger partial charge in [0.2, 0.25) is 5.75 Å². The molecule has 0 fully saturated rings. The fraction of sp³-hybridized carbons (Fsp3) is 0.632. The summed E-state index contributed by atoms with van der Waals surface area (Å²) in [6.45, 7) is 8.18. The molecule has 23 heavy (non-hydrogen) atoms. The third kappa shape index (κ3) is 6.93. The second-order valence-electron chi connectivity index (χ2n) is 5.57. The Hall–Kier alpha value is -1.71. The number of benzene rings is 1. The minimum absolute atomic E-state index is 0.547. The van der Waals surface area contributed by atoms with Crippen LogP contribution in [-0.4, -0.2) is 26.1 Å². The molecule has 0 amide bonds. The van der Waals surface area contributed by atoms with Crippen LogP contribution < -0.4 is 14.2 Å². The van der Waals surface area contributed by atoms with Crippen LogP contribution in [0.3, 0.4) is 0 Å². The maximum atomic E-state index is 11.2. The van der Waals surface area contributed by atoms with E-state index in [2.05, 4.69) is 20.8 Å². The molecule has 0 atom stereocenters. The first-order valence-electron chi connectivity index (χ1n) is 8.78. The Balaban J connectivity index is 2.99. The van der Waals surface area contributed by atoms with Crippen LogP contribution in [0.5, 0.6) is 17.2 Å². The van der Waals surface area contributed by atoms with Gasteiger partial charge in [0.1, 0.15) is 6.29 Å². The molecule has 0 aliphatic carbocycles. The van der Waals surface area contributed by atoms with Gasteiger partial charge < -0.3 is 14.2 Å². The molecule has 0 saturated heterocycles. The van der Waals surface area contributed by atoms with Crippen molar-refractivity contribution in [2.24, 2.45) is 0 Å². The third-order valence-corrected chi connectivity index (χ3v) is 3.43. The van der Waals surface area contributed by atoms with Gasteiger partial charge in [0.05, 0.1) is 19.8 Å². The standard InChI is InChI=1S/C19H30O4/c1-4-7-10-21-17-13-16(15-20)14-18(22-11-8-5-2)19(17)23-12-9-6-3/h13-15H,4-12H2,1-3H3. The third-order valence-electron chi connectivity index (χ3n) is 3.43. The van der Waals surface area contributed by atoms with Crippen molar-refractivity contribution in [2.75, 3.05) is 19.8 Å². The quantitative estimate of drug-likeness (QED) is 0.377. The van der Waals surface area contributed by atoms with Crippen molar-refractivity contribution in [2.45, 2.75) is 59.3 Å². The molecular formula is C19H30O4. The summed E-state index contributed by atoms with van der Waals surface area (Å²) in [7, 11) is 0. The van der Waals surface area contributed by atoms with Gasteiger partial charge in [-0.3, -0.25) is 4.79 Å². The predicted molar refractivity (Wildman–Crippen MR) is 93.0 cm³/mol. The summed E-state index contributed by atoms with van der Waals surface area (Å²) >= 11 is 0. The van der Waals surface area contributed by atoms with E-state index in [4.69, 9.17) is 14.2 Å². The average molecular weight is 322 g/mol. The van der Waals surface area contributed by atoms with Gasteiger partial charge in [-0.05, 0) is 31.4 Å². The topological polar surface area (TPSA) is 44.8 Å². The normalized spacial score (nSPS) is 10.4. The maximum Gasteiger partial charge on any atom is 0.203 e. The Morgan fingerprint density at radius 1 is 0.783 bits per heavy atom. The molecule has 0 aliphatic rings. The number of aldehydes is 1. The Bertz CT molecular complexity index is 426. The van der Waals surface area contributed by atoms with Crippen molar-refractivity contribution < 1.29 is 19.0 Å². The molecule has 1 rings (SSSR count). The minimum atomic E-state index is 0.547. The van der Waals surface area contributed by atoms with Crippen molar-refractivity contribution in [3.63, 3.8) is 0 Å². The van der Waals surface area contributed by atoms with Crippen molar-refractivity contribution in [1.29, 1.82) is 0 Å². The molecule has 0 unspecified atom stereocenters. The van der Waals surface area contributed by atoms with Crippen LogP contribution in [0.2, 0.25) is 0 Å². The van der Waals surface area contributed by atoms with Crippen LogP contribution in [0.15, 0.2) is 12.1 Å². The van der Waals surface area contributed by atoms with Gasteiger partial charge in [0, 0.05) is 5.56 Å². The Labute approximate surface area is 140 Å². The summed E-state index contributed by atoms with van der Waals surface area (Å²) < 4.78 is 17.6. The molecule has 0 saturated carbocycles. The van der Waals surface area contributed by atoms with Gasteiger partial charge in [0.15, 0.2) is 11.5 Å². The zero-order valence-electron chi connectivity index (χ0n) is 14.7. The number of unbranched alkanes of at least 4 members (excludes halogenated alkanes) is 3. The molecule has 0 radical (unpaired) electrons. The highest BCUT2D eigenvalue weighted by Gasteiger charge is 2.15. The molecule has 0 heterocycles. The summed E-state index contributed by atoms with van der Waals surface area (Å²) in [6, 6.07) is 3.47. The predicted octanol–water partition coefficient (Wildman–Crippen LogP) is 5.04. The lowest BCUT2D eigenvalue weighted by Crippen LogP contribution is -2.06. The van der Waals surface area contributed by atoms with Crippen LogP contribution in [0, 0.1) is 0 Å². The second kappa shape index (κ2) is 11.8. The van der Waals surface area contributed by atoms with Crippen LogP contribution in [0.4, 0.5) is 0 Å². The molecule has 0 N–H and O–H groups in total. The Morgan fingerprint density at radius 2 is 1.22 bits per heavy atom. The summed E-state index contributed by atoms with van der Waals surface area (Å²) in [5, 5.41) is 0. The largest absolute Gasteiger partial charge is 0.490 e. The highest BCUT2D eigenvalue weighted by Crippen LogP contribution is 2.39. The van der Waals surface area contributed by atoms with Crippen molar-refractivity contribution in [1.82, 2.24) is 0 Å². The molecule has 1 aromatic rings. The second-order valence-corrected chi connectivity index (χ2v) is 5.57. The fourth-order valence-electron chi connectivity index (χ4n) is 1.99. The van der Waals surface area contributed by atoms with Crippen molar-refractivity contribution in [3.8, 4) is 17.2 Å². The maximum absolute atomic E-state index is 11.2. The zero-order valence-corrected chi connectivity index (χ0v) is 14.7. The number of carbonyl (C=O) groups is 1. The van der Waals surface area contributed by atoms with Crippen LogP contribution in [0.1, 0.15) is 69.7 Å². The van der Waals surface area contributed by atoms with Gasteiger partial charge >= 0.3 is 0 Å². The van der Waals surface area contributed by atoms with E-state index in [1.807, 2.05) is 0 Å². The highest BCUT2D eigenvalue weighted by molar-refractivity contribution is 5.78. The molecule has 0 aliphatic heterocycles. The SMILES string of the molecule is CCCCOc1cc(C=O)cc(OCCCC)c1OCCCC. The summed E-state index contributed by atoms with van der Waals surface area (Å²) in [6.07, 6.45) is 6.88. The van der Waals surface area contributed by atoms with E-state index in [0.29, 0.717) is 42.6 Å². The first kappa shape index (κ1) is 19.3. The van der Waals surface area contributed by atoms with Crippen molar-refractivity contribution in [3.05, 3.63) is 17.7 Å². The molecule has 4 heteroatoms. The first-order valence-corrected chi connectivity index (χ1v) is 8.78. The molecule has 0 spiro atoms. The fourth-order valence-corrected chi connectivity index (χ4v) is 1.99. The van der Waals surface area contributed by atoms with E-state index in [1.54, 1.807) is 12.1 Å². The zero-order chi connectivity index (χ0) is 16.9. The van der Waals surface area contributed by atoms with Gasteiger partial charge in [-0.1, -0.05) is 40.0 Å². The molecular weight excluding hydrogens is 292 g/mol. The number of carbonyl (C=O) groups excluding carboxylic acids is 1. The van der Waals surface area contributed by atoms with Gasteiger partial charge in [0.25, 0.3) is 0 Å². The summed E-state index contributed by atoms with van der Waals surface area (Å²) in [4.78, 5) is 11.2. The van der Waals surface area contributed by atoms with Gasteiger partial charge in [-0.25, -0.2) is 0 Å². The number of ether oxygens (including phenoxy) is 3. The Morgan fingerprint density at radius 3 is 1.61 bits per heavy atom. The first-order chi connectivity index (χ1) is 11.3. The van der Waals surface area contributed by atoms with Gasteiger partial charge in [-0.2, -0.15) is 0 Å². The summed E-state index contributed by atoms with van der Waals surface area (Å²) in [5.41, 5.74) is 0.547.